The first-order chi connectivity index (χ1) is 9.78. The molecule has 0 radical (unpaired) electrons. The molecule has 0 bridgehead atoms. The molecule has 1 aromatic carbocycles. The van der Waals surface area contributed by atoms with E-state index in [1.807, 2.05) is 24.3 Å². The highest BCUT2D eigenvalue weighted by Crippen LogP contribution is 2.28. The molecule has 2 N–H and O–H groups in total. The van der Waals surface area contributed by atoms with E-state index in [-0.39, 0.29) is 6.10 Å². The number of aliphatic hydroxyl groups is 1. The highest BCUT2D eigenvalue weighted by molar-refractivity contribution is 5.92. The normalized spacial score (nSPS) is 21.8. The van der Waals surface area contributed by atoms with Gasteiger partial charge in [0.15, 0.2) is 5.69 Å². The molecule has 2 unspecified atom stereocenters. The maximum Gasteiger partial charge on any atom is 0.186 e. The first-order valence-corrected chi connectivity index (χ1v) is 6.85. The number of anilines is 1. The third kappa shape index (κ3) is 2.43. The number of aliphatic hydroxyl groups excluding tert-OH is 1. The Kier molecular flexibility index (Phi) is 3.48. The lowest BCUT2D eigenvalue weighted by atomic mass is 10.1. The Labute approximate surface area is 117 Å². The molecule has 0 amide bonds. The minimum Gasteiger partial charge on any atom is -0.393 e. The Bertz CT molecular complexity index is 664. The van der Waals surface area contributed by atoms with E-state index in [2.05, 4.69) is 21.6 Å². The van der Waals surface area contributed by atoms with E-state index in [1.54, 1.807) is 0 Å². The van der Waals surface area contributed by atoms with Crippen molar-refractivity contribution in [3.05, 3.63) is 30.0 Å². The topological polar surface area (TPSA) is 81.8 Å². The minimum atomic E-state index is -0.176. The van der Waals surface area contributed by atoms with Gasteiger partial charge in [0.05, 0.1) is 17.3 Å². The average Bonchev–Trinajstić information content (AvgIpc) is 2.90. The van der Waals surface area contributed by atoms with E-state index < -0.39 is 0 Å². The third-order valence-corrected chi connectivity index (χ3v) is 3.85. The third-order valence-electron chi connectivity index (χ3n) is 3.85. The lowest BCUT2D eigenvalue weighted by Gasteiger charge is -2.14. The van der Waals surface area contributed by atoms with E-state index in [9.17, 15) is 10.4 Å². The number of rotatable bonds is 3. The van der Waals surface area contributed by atoms with Gasteiger partial charge in [-0.15, -0.1) is 10.2 Å². The van der Waals surface area contributed by atoms with Crippen molar-refractivity contribution in [2.45, 2.75) is 25.4 Å². The molecule has 1 aliphatic carbocycles. The van der Waals surface area contributed by atoms with Gasteiger partial charge in [-0.25, -0.2) is 0 Å². The maximum atomic E-state index is 9.57. The van der Waals surface area contributed by atoms with Crippen molar-refractivity contribution in [1.29, 1.82) is 5.26 Å². The summed E-state index contributed by atoms with van der Waals surface area (Å²) in [5.74, 6) is 0.448. The van der Waals surface area contributed by atoms with Gasteiger partial charge in [0.25, 0.3) is 0 Å². The van der Waals surface area contributed by atoms with E-state index >= 15 is 0 Å². The monoisotopic (exact) mass is 268 g/mol. The Balaban J connectivity index is 1.87. The van der Waals surface area contributed by atoms with Crippen LogP contribution in [-0.2, 0) is 0 Å². The summed E-state index contributed by atoms with van der Waals surface area (Å²) in [4.78, 5) is 0. The van der Waals surface area contributed by atoms with Crippen molar-refractivity contribution in [1.82, 2.24) is 10.2 Å². The van der Waals surface area contributed by atoms with E-state index in [4.69, 9.17) is 0 Å². The van der Waals surface area contributed by atoms with Gasteiger partial charge in [-0.1, -0.05) is 18.2 Å². The number of benzene rings is 1. The molecule has 102 valence electrons. The Morgan fingerprint density at radius 3 is 2.90 bits per heavy atom. The Morgan fingerprint density at radius 2 is 2.15 bits per heavy atom. The molecule has 0 spiro atoms. The van der Waals surface area contributed by atoms with Gasteiger partial charge in [-0.05, 0) is 31.2 Å². The van der Waals surface area contributed by atoms with E-state index in [1.165, 1.54) is 0 Å². The highest BCUT2D eigenvalue weighted by Gasteiger charge is 2.23. The predicted molar refractivity (Wildman–Crippen MR) is 76.1 cm³/mol. The van der Waals surface area contributed by atoms with Crippen LogP contribution in [0.2, 0.25) is 0 Å². The van der Waals surface area contributed by atoms with Gasteiger partial charge >= 0.3 is 0 Å². The lowest BCUT2D eigenvalue weighted by molar-refractivity contribution is 0.178. The van der Waals surface area contributed by atoms with Crippen LogP contribution in [0.15, 0.2) is 24.3 Å². The molecule has 1 aromatic heterocycles. The molecule has 2 aromatic rings. The smallest absolute Gasteiger partial charge is 0.186 e. The summed E-state index contributed by atoms with van der Waals surface area (Å²) in [5.41, 5.74) is 1.85. The summed E-state index contributed by atoms with van der Waals surface area (Å²) in [7, 11) is 0. The van der Waals surface area contributed by atoms with Crippen molar-refractivity contribution in [2.24, 2.45) is 5.92 Å². The van der Waals surface area contributed by atoms with Crippen LogP contribution < -0.4 is 5.32 Å². The second-order valence-electron chi connectivity index (χ2n) is 5.27. The molecule has 1 aliphatic rings. The number of fused-ring (bicyclic) bond motifs is 1. The van der Waals surface area contributed by atoms with Crippen LogP contribution in [0, 0.1) is 17.2 Å². The average molecular weight is 268 g/mol. The Hall–Kier alpha value is -2.19. The summed E-state index contributed by atoms with van der Waals surface area (Å²) in [5, 5.41) is 31.0. The van der Waals surface area contributed by atoms with Crippen LogP contribution in [-0.4, -0.2) is 28.0 Å². The zero-order chi connectivity index (χ0) is 13.9. The molecule has 0 saturated heterocycles. The van der Waals surface area contributed by atoms with E-state index in [0.29, 0.717) is 11.6 Å². The molecule has 5 nitrogen and oxygen atoms in total. The number of nitrogens with zero attached hydrogens (tertiary/aromatic N) is 3. The second-order valence-corrected chi connectivity index (χ2v) is 5.27. The van der Waals surface area contributed by atoms with Crippen molar-refractivity contribution in [3.63, 3.8) is 0 Å². The molecule has 5 heteroatoms. The fraction of sp³-hybridized carbons (Fsp3) is 0.400. The fourth-order valence-electron chi connectivity index (χ4n) is 2.79. The molecule has 0 aliphatic heterocycles. The lowest BCUT2D eigenvalue weighted by Crippen LogP contribution is -2.14. The van der Waals surface area contributed by atoms with Gasteiger partial charge in [-0.2, -0.15) is 5.26 Å². The minimum absolute atomic E-state index is 0.176. The molecular formula is C15H16N4O. The van der Waals surface area contributed by atoms with Gasteiger partial charge in [0.1, 0.15) is 6.07 Å². The van der Waals surface area contributed by atoms with Crippen LogP contribution >= 0.6 is 0 Å². The zero-order valence-electron chi connectivity index (χ0n) is 11.1. The first kappa shape index (κ1) is 12.8. The van der Waals surface area contributed by atoms with Crippen LogP contribution in [0.1, 0.15) is 25.0 Å². The molecule has 1 heterocycles. The molecular weight excluding hydrogens is 252 g/mol. The van der Waals surface area contributed by atoms with Gasteiger partial charge in [0, 0.05) is 11.9 Å². The summed E-state index contributed by atoms with van der Waals surface area (Å²) in [6.07, 6.45) is 2.54. The second kappa shape index (κ2) is 5.43. The Morgan fingerprint density at radius 1 is 1.30 bits per heavy atom. The summed E-state index contributed by atoms with van der Waals surface area (Å²) >= 11 is 0. The van der Waals surface area contributed by atoms with Crippen LogP contribution in [0.3, 0.4) is 0 Å². The predicted octanol–water partition coefficient (Wildman–Crippen LogP) is 2.07. The number of hydrogen-bond donors (Lipinski definition) is 2. The van der Waals surface area contributed by atoms with Crippen molar-refractivity contribution in [3.8, 4) is 6.07 Å². The van der Waals surface area contributed by atoms with Crippen molar-refractivity contribution < 1.29 is 5.11 Å². The molecule has 20 heavy (non-hydrogen) atoms. The van der Waals surface area contributed by atoms with Crippen molar-refractivity contribution in [2.75, 3.05) is 11.9 Å². The zero-order valence-corrected chi connectivity index (χ0v) is 11.1. The molecule has 2 atom stereocenters. The molecule has 3 rings (SSSR count). The fourth-order valence-corrected chi connectivity index (χ4v) is 2.79. The summed E-state index contributed by atoms with van der Waals surface area (Å²) in [6.45, 7) is 0.751. The molecule has 1 saturated carbocycles. The number of nitrogens with one attached hydrogen (secondary N) is 1. The number of nitriles is 1. The quantitative estimate of drug-likeness (QED) is 0.890. The highest BCUT2D eigenvalue weighted by atomic mass is 16.3. The maximum absolute atomic E-state index is 9.57. The van der Waals surface area contributed by atoms with Crippen LogP contribution in [0.4, 0.5) is 5.69 Å². The SMILES string of the molecule is N#Cc1nnc2ccccc2c1NCC1CCC(O)C1. The van der Waals surface area contributed by atoms with Gasteiger partial charge in [-0.3, -0.25) is 0 Å². The van der Waals surface area contributed by atoms with E-state index in [0.717, 1.165) is 42.4 Å². The van der Waals surface area contributed by atoms with Crippen LogP contribution in [0.5, 0.6) is 0 Å². The van der Waals surface area contributed by atoms with Gasteiger partial charge < -0.3 is 10.4 Å². The first-order valence-electron chi connectivity index (χ1n) is 6.85. The van der Waals surface area contributed by atoms with Gasteiger partial charge in [0.2, 0.25) is 0 Å². The standard InChI is InChI=1S/C15H16N4O/c16-8-14-15(17-9-10-5-6-11(20)7-10)12-3-1-2-4-13(12)18-19-14/h1-4,10-11,20H,5-7,9H2,(H,17,18). The summed E-state index contributed by atoms with van der Waals surface area (Å²) < 4.78 is 0. The van der Waals surface area contributed by atoms with Crippen LogP contribution in [0.25, 0.3) is 10.9 Å². The largest absolute Gasteiger partial charge is 0.393 e. The number of hydrogen-bond acceptors (Lipinski definition) is 5. The number of aromatic nitrogens is 2. The molecule has 1 fully saturated rings. The van der Waals surface area contributed by atoms with Crippen molar-refractivity contribution >= 4 is 16.6 Å². The summed E-state index contributed by atoms with van der Waals surface area (Å²) in [6, 6.07) is 9.74.